The van der Waals surface area contributed by atoms with Crippen LogP contribution in [0.4, 0.5) is 11.4 Å². The summed E-state index contributed by atoms with van der Waals surface area (Å²) in [6.45, 7) is 3.19. The highest BCUT2D eigenvalue weighted by atomic mass is 127. The Balaban J connectivity index is 0.00000280. The normalized spacial score (nSPS) is 16.3. The van der Waals surface area contributed by atoms with Gasteiger partial charge in [-0.3, -0.25) is 4.79 Å². The van der Waals surface area contributed by atoms with E-state index in [0.717, 1.165) is 36.2 Å². The molecule has 1 heterocycles. The van der Waals surface area contributed by atoms with E-state index in [9.17, 15) is 4.79 Å². The molecule has 1 amide bonds. The summed E-state index contributed by atoms with van der Waals surface area (Å²) < 4.78 is 5.41. The van der Waals surface area contributed by atoms with Crippen LogP contribution in [0.3, 0.4) is 0 Å². The standard InChI is InChI=1S/C21H26N4O2.HI/c1-2-15-6-3-9-18(12-15)25-21(22)23-14-16-7-4-8-17(13-16)24-20(26)19-10-5-11-27-19;/h3-4,6-9,12-13,19H,2,5,10-11,14H2,1H3,(H,24,26)(H3,22,23,25);1H. The molecule has 6 nitrogen and oxygen atoms in total. The van der Waals surface area contributed by atoms with Crippen molar-refractivity contribution in [1.29, 1.82) is 0 Å². The Bertz CT molecular complexity index is 820. The van der Waals surface area contributed by atoms with E-state index in [0.29, 0.717) is 19.1 Å². The monoisotopic (exact) mass is 494 g/mol. The number of nitrogens with two attached hydrogens (primary N) is 1. The second kappa shape index (κ2) is 11.0. The second-order valence-corrected chi connectivity index (χ2v) is 6.57. The second-order valence-electron chi connectivity index (χ2n) is 6.57. The molecule has 1 fully saturated rings. The minimum atomic E-state index is -0.342. The van der Waals surface area contributed by atoms with E-state index in [1.165, 1.54) is 5.56 Å². The minimum absolute atomic E-state index is 0. The Labute approximate surface area is 183 Å². The maximum atomic E-state index is 12.2. The predicted molar refractivity (Wildman–Crippen MR) is 124 cm³/mol. The van der Waals surface area contributed by atoms with Gasteiger partial charge in [0.05, 0.1) is 6.54 Å². The number of ether oxygens (including phenoxy) is 1. The molecule has 0 aromatic heterocycles. The number of carbonyl (C=O) groups excluding carboxylic acids is 1. The molecule has 0 spiro atoms. The average Bonchev–Trinajstić information content (AvgIpc) is 3.22. The van der Waals surface area contributed by atoms with Crippen LogP contribution in [0.1, 0.15) is 30.9 Å². The summed E-state index contributed by atoms with van der Waals surface area (Å²) in [7, 11) is 0. The van der Waals surface area contributed by atoms with Crippen LogP contribution in [0.5, 0.6) is 0 Å². The molecular formula is C21H27IN4O2. The summed E-state index contributed by atoms with van der Waals surface area (Å²) in [5, 5.41) is 6.02. The molecule has 1 atom stereocenters. The van der Waals surface area contributed by atoms with Crippen molar-refractivity contribution in [2.45, 2.75) is 38.8 Å². The topological polar surface area (TPSA) is 88.7 Å². The third-order valence-electron chi connectivity index (χ3n) is 4.46. The highest BCUT2D eigenvalue weighted by Gasteiger charge is 2.23. The van der Waals surface area contributed by atoms with Crippen LogP contribution < -0.4 is 16.4 Å². The lowest BCUT2D eigenvalue weighted by Crippen LogP contribution is -2.26. The number of hydrogen-bond acceptors (Lipinski definition) is 3. The number of aryl methyl sites for hydroxylation is 1. The smallest absolute Gasteiger partial charge is 0.253 e. The van der Waals surface area contributed by atoms with Gasteiger partial charge in [-0.2, -0.15) is 0 Å². The van der Waals surface area contributed by atoms with Crippen molar-refractivity contribution in [3.05, 3.63) is 59.7 Å². The largest absolute Gasteiger partial charge is 0.370 e. The Morgan fingerprint density at radius 3 is 2.50 bits per heavy atom. The zero-order chi connectivity index (χ0) is 19.1. The molecule has 0 aliphatic carbocycles. The van der Waals surface area contributed by atoms with Gasteiger partial charge in [0, 0.05) is 18.0 Å². The third kappa shape index (κ3) is 6.49. The first-order chi connectivity index (χ1) is 13.1. The number of aliphatic imine (C=N–C) groups is 1. The highest BCUT2D eigenvalue weighted by molar-refractivity contribution is 14.0. The first-order valence-corrected chi connectivity index (χ1v) is 9.31. The van der Waals surface area contributed by atoms with Gasteiger partial charge >= 0.3 is 0 Å². The van der Waals surface area contributed by atoms with Gasteiger partial charge in [-0.15, -0.1) is 24.0 Å². The lowest BCUT2D eigenvalue weighted by molar-refractivity contribution is -0.124. The van der Waals surface area contributed by atoms with Crippen LogP contribution in [0.25, 0.3) is 0 Å². The Hall–Kier alpha value is -2.13. The van der Waals surface area contributed by atoms with E-state index in [-0.39, 0.29) is 36.0 Å². The van der Waals surface area contributed by atoms with Crippen molar-refractivity contribution >= 4 is 47.2 Å². The molecule has 2 aromatic carbocycles. The van der Waals surface area contributed by atoms with Gasteiger partial charge in [0.25, 0.3) is 5.91 Å². The molecule has 4 N–H and O–H groups in total. The van der Waals surface area contributed by atoms with Gasteiger partial charge in [0.15, 0.2) is 5.96 Å². The molecule has 3 rings (SSSR count). The quantitative estimate of drug-likeness (QED) is 0.323. The SMILES string of the molecule is CCc1cccc(NC(N)=NCc2cccc(NC(=O)C3CCCO3)c2)c1.I. The van der Waals surface area contributed by atoms with E-state index >= 15 is 0 Å². The van der Waals surface area contributed by atoms with Crippen molar-refractivity contribution in [2.24, 2.45) is 10.7 Å². The number of anilines is 2. The zero-order valence-electron chi connectivity index (χ0n) is 16.0. The molecule has 1 aliphatic heterocycles. The number of nitrogens with one attached hydrogen (secondary N) is 2. The van der Waals surface area contributed by atoms with E-state index in [1.54, 1.807) is 0 Å². The summed E-state index contributed by atoms with van der Waals surface area (Å²) in [6.07, 6.45) is 2.33. The van der Waals surface area contributed by atoms with Gasteiger partial charge in [-0.25, -0.2) is 4.99 Å². The summed E-state index contributed by atoms with van der Waals surface area (Å²) in [6, 6.07) is 15.7. The minimum Gasteiger partial charge on any atom is -0.370 e. The van der Waals surface area contributed by atoms with Crippen LogP contribution in [-0.2, 0) is 22.5 Å². The molecule has 150 valence electrons. The number of halogens is 1. The number of guanidine groups is 1. The van der Waals surface area contributed by atoms with Crippen molar-refractivity contribution in [2.75, 3.05) is 17.2 Å². The van der Waals surface area contributed by atoms with E-state index in [4.69, 9.17) is 10.5 Å². The number of benzene rings is 2. The molecule has 0 saturated carbocycles. The van der Waals surface area contributed by atoms with Crippen molar-refractivity contribution in [3.8, 4) is 0 Å². The fourth-order valence-corrected chi connectivity index (χ4v) is 2.99. The number of amides is 1. The molecule has 7 heteroatoms. The van der Waals surface area contributed by atoms with Crippen molar-refractivity contribution in [3.63, 3.8) is 0 Å². The molecule has 1 unspecified atom stereocenters. The summed E-state index contributed by atoms with van der Waals surface area (Å²) >= 11 is 0. The maximum Gasteiger partial charge on any atom is 0.253 e. The van der Waals surface area contributed by atoms with Crippen LogP contribution >= 0.6 is 24.0 Å². The molecule has 0 radical (unpaired) electrons. The van der Waals surface area contributed by atoms with Crippen molar-refractivity contribution in [1.82, 2.24) is 0 Å². The van der Waals surface area contributed by atoms with Crippen LogP contribution in [0, 0.1) is 0 Å². The van der Waals surface area contributed by atoms with Gasteiger partial charge in [0.1, 0.15) is 6.10 Å². The van der Waals surface area contributed by atoms with E-state index in [2.05, 4.69) is 34.7 Å². The third-order valence-corrected chi connectivity index (χ3v) is 4.46. The Morgan fingerprint density at radius 2 is 1.82 bits per heavy atom. The van der Waals surface area contributed by atoms with Crippen LogP contribution in [0.2, 0.25) is 0 Å². The lowest BCUT2D eigenvalue weighted by atomic mass is 10.1. The number of rotatable bonds is 6. The molecular weight excluding hydrogens is 467 g/mol. The van der Waals surface area contributed by atoms with Gasteiger partial charge in [-0.1, -0.05) is 31.2 Å². The van der Waals surface area contributed by atoms with E-state index in [1.807, 2.05) is 36.4 Å². The number of carbonyl (C=O) groups is 1. The Kier molecular flexibility index (Phi) is 8.72. The molecule has 2 aromatic rings. The molecule has 28 heavy (non-hydrogen) atoms. The molecule has 1 saturated heterocycles. The maximum absolute atomic E-state index is 12.2. The van der Waals surface area contributed by atoms with Gasteiger partial charge < -0.3 is 21.1 Å². The van der Waals surface area contributed by atoms with Gasteiger partial charge in [-0.05, 0) is 54.7 Å². The number of nitrogens with zero attached hydrogens (tertiary/aromatic N) is 1. The average molecular weight is 494 g/mol. The Morgan fingerprint density at radius 1 is 1.14 bits per heavy atom. The predicted octanol–water partition coefficient (Wildman–Crippen LogP) is 3.91. The fourth-order valence-electron chi connectivity index (χ4n) is 2.99. The van der Waals surface area contributed by atoms with Crippen LogP contribution in [0.15, 0.2) is 53.5 Å². The van der Waals surface area contributed by atoms with Crippen LogP contribution in [-0.4, -0.2) is 24.6 Å². The van der Waals surface area contributed by atoms with E-state index < -0.39 is 0 Å². The first-order valence-electron chi connectivity index (χ1n) is 9.31. The summed E-state index contributed by atoms with van der Waals surface area (Å²) in [4.78, 5) is 16.5. The van der Waals surface area contributed by atoms with Crippen molar-refractivity contribution < 1.29 is 9.53 Å². The summed E-state index contributed by atoms with van der Waals surface area (Å²) in [5.41, 5.74) is 9.87. The fraction of sp³-hybridized carbons (Fsp3) is 0.333. The zero-order valence-corrected chi connectivity index (χ0v) is 18.3. The summed E-state index contributed by atoms with van der Waals surface area (Å²) in [5.74, 6) is 0.266. The lowest BCUT2D eigenvalue weighted by Gasteiger charge is -2.11. The molecule has 1 aliphatic rings. The van der Waals surface area contributed by atoms with Gasteiger partial charge in [0.2, 0.25) is 0 Å². The molecule has 0 bridgehead atoms. The first kappa shape index (κ1) is 22.2. The number of hydrogen-bond donors (Lipinski definition) is 3. The highest BCUT2D eigenvalue weighted by Crippen LogP contribution is 2.17.